The van der Waals surface area contributed by atoms with Crippen LogP contribution in [0.4, 0.5) is 0 Å². The normalized spacial score (nSPS) is 14.3. The number of ether oxygens (including phenoxy) is 4. The molecule has 3 N–H and O–H groups in total. The van der Waals surface area contributed by atoms with Crippen molar-refractivity contribution in [2.75, 3.05) is 39.6 Å². The van der Waals surface area contributed by atoms with E-state index in [-0.39, 0.29) is 25.7 Å². The second-order valence-electron chi connectivity index (χ2n) is 27.8. The first-order valence-corrected chi connectivity index (χ1v) is 42.0. The number of hydrogen-bond donors (Lipinski definition) is 3. The molecule has 3 unspecified atom stereocenters. The van der Waals surface area contributed by atoms with E-state index in [9.17, 15) is 43.2 Å². The van der Waals surface area contributed by atoms with Crippen LogP contribution in [-0.2, 0) is 65.4 Å². The van der Waals surface area contributed by atoms with Gasteiger partial charge >= 0.3 is 39.5 Å². The number of phosphoric acid groups is 2. The summed E-state index contributed by atoms with van der Waals surface area (Å²) < 4.78 is 68.5. The Kier molecular flexibility index (Phi) is 65.5. The van der Waals surface area contributed by atoms with Crippen LogP contribution in [0.1, 0.15) is 388 Å². The summed E-state index contributed by atoms with van der Waals surface area (Å²) >= 11 is 0. The third-order valence-electron chi connectivity index (χ3n) is 17.8. The van der Waals surface area contributed by atoms with Gasteiger partial charge in [-0.05, 0) is 37.5 Å². The maximum Gasteiger partial charge on any atom is 0.472 e. The minimum atomic E-state index is -4.96. The van der Waals surface area contributed by atoms with Crippen molar-refractivity contribution in [3.8, 4) is 0 Å². The molecule has 0 aliphatic heterocycles. The number of aliphatic hydroxyl groups excluding tert-OH is 1. The summed E-state index contributed by atoms with van der Waals surface area (Å²) in [5.41, 5.74) is 0. The van der Waals surface area contributed by atoms with Crippen LogP contribution in [0.5, 0.6) is 0 Å². The van der Waals surface area contributed by atoms with E-state index in [1.807, 2.05) is 0 Å². The van der Waals surface area contributed by atoms with Gasteiger partial charge in [0.15, 0.2) is 12.2 Å². The second kappa shape index (κ2) is 66.9. The lowest BCUT2D eigenvalue weighted by Gasteiger charge is -2.21. The largest absolute Gasteiger partial charge is 0.472 e. The van der Waals surface area contributed by atoms with Gasteiger partial charge in [0.2, 0.25) is 0 Å². The third kappa shape index (κ3) is 67.3. The van der Waals surface area contributed by atoms with Gasteiger partial charge in [0.25, 0.3) is 0 Å². The first-order chi connectivity index (χ1) is 45.4. The molecule has 0 radical (unpaired) electrons. The van der Waals surface area contributed by atoms with E-state index in [0.717, 1.165) is 102 Å². The fourth-order valence-corrected chi connectivity index (χ4v) is 13.0. The van der Waals surface area contributed by atoms with E-state index in [2.05, 4.69) is 41.5 Å². The lowest BCUT2D eigenvalue weighted by molar-refractivity contribution is -0.161. The summed E-state index contributed by atoms with van der Waals surface area (Å²) in [6.07, 6.45) is 54.0. The maximum atomic E-state index is 13.1. The zero-order valence-corrected chi connectivity index (χ0v) is 63.1. The summed E-state index contributed by atoms with van der Waals surface area (Å²) in [6, 6.07) is 0. The predicted octanol–water partition coefficient (Wildman–Crippen LogP) is 21.9. The number of hydrogen-bond acceptors (Lipinski definition) is 15. The Hall–Kier alpha value is -1.94. The molecule has 0 saturated heterocycles. The predicted molar refractivity (Wildman–Crippen MR) is 381 cm³/mol. The highest BCUT2D eigenvalue weighted by Gasteiger charge is 2.30. The van der Waals surface area contributed by atoms with E-state index >= 15 is 0 Å². The Labute approximate surface area is 575 Å². The van der Waals surface area contributed by atoms with Gasteiger partial charge in [-0.3, -0.25) is 37.3 Å². The summed E-state index contributed by atoms with van der Waals surface area (Å²) in [7, 11) is -9.91. The van der Waals surface area contributed by atoms with E-state index in [0.29, 0.717) is 25.7 Å². The third-order valence-corrected chi connectivity index (χ3v) is 19.7. The average molecular weight is 1380 g/mol. The Bertz CT molecular complexity index is 1820. The number of carbonyl (C=O) groups is 4. The molecule has 94 heavy (non-hydrogen) atoms. The van der Waals surface area contributed by atoms with Crippen LogP contribution in [0.25, 0.3) is 0 Å². The van der Waals surface area contributed by atoms with Crippen LogP contribution in [0, 0.1) is 11.8 Å². The summed E-state index contributed by atoms with van der Waals surface area (Å²) in [6.45, 7) is 9.55. The van der Waals surface area contributed by atoms with Gasteiger partial charge in [-0.2, -0.15) is 0 Å². The standard InChI is InChI=1S/C75H146O17P2/c1-7-10-12-14-16-18-20-22-23-24-25-26-28-30-32-41-47-53-59-74(79)91-70(63-85-72(77)57-51-45-39-31-29-27-21-19-17-15-13-11-8-2)65-89-93(81,82)87-61-69(76)62-88-94(83,84)90-66-71(64-86-73(78)58-52-46-40-35-33-37-43-49-55-67(4)5)92-75(80)60-54-48-42-36-34-38-44-50-56-68(6)9-3/h67-71,76H,7-66H2,1-6H3,(H,81,82)(H,83,84)/t68?,69-,70-,71-/m1/s1. The molecule has 17 nitrogen and oxygen atoms in total. The average Bonchev–Trinajstić information content (AvgIpc) is 1.25. The van der Waals surface area contributed by atoms with Crippen molar-refractivity contribution in [2.45, 2.75) is 407 Å². The van der Waals surface area contributed by atoms with Crippen molar-refractivity contribution in [3.05, 3.63) is 0 Å². The molecular formula is C75H146O17P2. The number of rotatable bonds is 74. The fourth-order valence-electron chi connectivity index (χ4n) is 11.4. The molecule has 0 heterocycles. The molecule has 558 valence electrons. The molecule has 0 aromatic heterocycles. The smallest absolute Gasteiger partial charge is 0.462 e. The summed E-state index contributed by atoms with van der Waals surface area (Å²) in [4.78, 5) is 72.8. The molecule has 0 aromatic carbocycles. The highest BCUT2D eigenvalue weighted by molar-refractivity contribution is 7.47. The zero-order valence-electron chi connectivity index (χ0n) is 61.3. The maximum absolute atomic E-state index is 13.1. The Balaban J connectivity index is 5.24. The number of esters is 4. The lowest BCUT2D eigenvalue weighted by Crippen LogP contribution is -2.30. The Morgan fingerprint density at radius 1 is 0.309 bits per heavy atom. The van der Waals surface area contributed by atoms with Crippen molar-refractivity contribution in [1.82, 2.24) is 0 Å². The monoisotopic (exact) mass is 1380 g/mol. The van der Waals surface area contributed by atoms with Gasteiger partial charge in [0.1, 0.15) is 19.3 Å². The molecule has 0 aliphatic rings. The van der Waals surface area contributed by atoms with Crippen molar-refractivity contribution in [1.29, 1.82) is 0 Å². The van der Waals surface area contributed by atoms with Gasteiger partial charge in [-0.25, -0.2) is 9.13 Å². The molecule has 0 amide bonds. The molecular weight excluding hydrogens is 1230 g/mol. The van der Waals surface area contributed by atoms with Gasteiger partial charge in [0, 0.05) is 25.7 Å². The molecule has 0 aromatic rings. The number of phosphoric ester groups is 2. The number of unbranched alkanes of at least 4 members (excludes halogenated alkanes) is 43. The summed E-state index contributed by atoms with van der Waals surface area (Å²) in [5, 5.41) is 10.6. The van der Waals surface area contributed by atoms with Gasteiger partial charge in [0.05, 0.1) is 26.4 Å². The number of carbonyl (C=O) groups excluding carboxylic acids is 4. The lowest BCUT2D eigenvalue weighted by atomic mass is 9.99. The molecule has 0 aliphatic carbocycles. The van der Waals surface area contributed by atoms with Crippen LogP contribution in [0.3, 0.4) is 0 Å². The van der Waals surface area contributed by atoms with E-state index in [4.69, 9.17) is 37.0 Å². The van der Waals surface area contributed by atoms with Crippen LogP contribution in [0.15, 0.2) is 0 Å². The van der Waals surface area contributed by atoms with Crippen LogP contribution >= 0.6 is 15.6 Å². The first kappa shape index (κ1) is 92.1. The first-order valence-electron chi connectivity index (χ1n) is 39.0. The molecule has 0 saturated carbocycles. The van der Waals surface area contributed by atoms with Crippen molar-refractivity contribution < 1.29 is 80.2 Å². The van der Waals surface area contributed by atoms with Crippen LogP contribution in [-0.4, -0.2) is 96.7 Å². The zero-order chi connectivity index (χ0) is 69.3. The van der Waals surface area contributed by atoms with E-state index < -0.39 is 97.5 Å². The summed E-state index contributed by atoms with van der Waals surface area (Å²) in [5.74, 6) is -0.622. The van der Waals surface area contributed by atoms with Crippen molar-refractivity contribution in [3.63, 3.8) is 0 Å². The number of aliphatic hydroxyl groups is 1. The van der Waals surface area contributed by atoms with Gasteiger partial charge in [-0.15, -0.1) is 0 Å². The fraction of sp³-hybridized carbons (Fsp3) is 0.947. The minimum Gasteiger partial charge on any atom is -0.462 e. The SMILES string of the molecule is CCCCCCCCCCCCCCCCCCCCC(=O)O[C@H](COC(=O)CCCCCCCCCCCCCCC)COP(=O)(O)OC[C@@H](O)COP(=O)(O)OC[C@@H](COC(=O)CCCCCCCCCCC(C)C)OC(=O)CCCCCCCCCCC(C)CC. The van der Waals surface area contributed by atoms with Crippen LogP contribution in [0.2, 0.25) is 0 Å². The van der Waals surface area contributed by atoms with Gasteiger partial charge in [-0.1, -0.05) is 337 Å². The topological polar surface area (TPSA) is 237 Å². The quantitative estimate of drug-likeness (QED) is 0.0222. The molecule has 0 rings (SSSR count). The Morgan fingerprint density at radius 3 is 0.809 bits per heavy atom. The Morgan fingerprint density at radius 2 is 0.543 bits per heavy atom. The molecule has 0 bridgehead atoms. The van der Waals surface area contributed by atoms with Crippen LogP contribution < -0.4 is 0 Å². The van der Waals surface area contributed by atoms with Crippen molar-refractivity contribution >= 4 is 39.5 Å². The molecule has 0 spiro atoms. The van der Waals surface area contributed by atoms with E-state index in [1.165, 1.54) is 205 Å². The second-order valence-corrected chi connectivity index (χ2v) is 30.7. The van der Waals surface area contributed by atoms with Crippen molar-refractivity contribution in [2.24, 2.45) is 11.8 Å². The molecule has 0 fully saturated rings. The van der Waals surface area contributed by atoms with E-state index in [1.54, 1.807) is 0 Å². The molecule has 19 heteroatoms. The highest BCUT2D eigenvalue weighted by Crippen LogP contribution is 2.45. The minimum absolute atomic E-state index is 0.105. The van der Waals surface area contributed by atoms with Gasteiger partial charge < -0.3 is 33.8 Å². The molecule has 6 atom stereocenters. The highest BCUT2D eigenvalue weighted by atomic mass is 31.2.